The zero-order chi connectivity index (χ0) is 13.5. The Balaban J connectivity index is 1.65. The molecule has 2 rings (SSSR count). The number of carbonyl (C=O) groups is 1. The molecule has 1 aromatic rings. The summed E-state index contributed by atoms with van der Waals surface area (Å²) in [6.07, 6.45) is 1.76. The van der Waals surface area contributed by atoms with Crippen molar-refractivity contribution in [2.75, 3.05) is 19.7 Å². The minimum atomic E-state index is -0.00990. The Morgan fingerprint density at radius 1 is 1.47 bits per heavy atom. The van der Waals surface area contributed by atoms with Crippen LogP contribution in [-0.4, -0.2) is 31.6 Å². The Morgan fingerprint density at radius 2 is 2.26 bits per heavy atom. The summed E-state index contributed by atoms with van der Waals surface area (Å²) in [5.74, 6) is 0.977. The Kier molecular flexibility index (Phi) is 5.21. The number of amides is 1. The molecule has 1 saturated heterocycles. The molecule has 1 aliphatic rings. The standard InChI is InChI=1S/C15H22N2O2/c1-12(15(18)17-13-7-9-16-11-13)8-10-19-14-5-3-2-4-6-14/h2-6,12-13,16H,7-11H2,1H3,(H,17,18). The van der Waals surface area contributed by atoms with Gasteiger partial charge in [0, 0.05) is 18.5 Å². The van der Waals surface area contributed by atoms with Crippen molar-refractivity contribution < 1.29 is 9.53 Å². The summed E-state index contributed by atoms with van der Waals surface area (Å²) >= 11 is 0. The summed E-state index contributed by atoms with van der Waals surface area (Å²) in [7, 11) is 0. The minimum Gasteiger partial charge on any atom is -0.494 e. The molecule has 1 heterocycles. The smallest absolute Gasteiger partial charge is 0.223 e. The van der Waals surface area contributed by atoms with E-state index in [0.29, 0.717) is 12.6 Å². The summed E-state index contributed by atoms with van der Waals surface area (Å²) in [4.78, 5) is 11.9. The summed E-state index contributed by atoms with van der Waals surface area (Å²) in [5, 5.41) is 6.31. The van der Waals surface area contributed by atoms with Crippen molar-refractivity contribution in [3.8, 4) is 5.75 Å². The molecule has 4 nitrogen and oxygen atoms in total. The number of para-hydroxylation sites is 1. The summed E-state index contributed by atoms with van der Waals surface area (Å²) in [6.45, 7) is 4.41. The molecule has 19 heavy (non-hydrogen) atoms. The van der Waals surface area contributed by atoms with Crippen molar-refractivity contribution in [3.05, 3.63) is 30.3 Å². The molecule has 0 bridgehead atoms. The van der Waals surface area contributed by atoms with E-state index in [0.717, 1.165) is 31.7 Å². The molecule has 0 radical (unpaired) electrons. The second-order valence-electron chi connectivity index (χ2n) is 5.05. The zero-order valence-corrected chi connectivity index (χ0v) is 11.4. The lowest BCUT2D eigenvalue weighted by Crippen LogP contribution is -2.39. The Hall–Kier alpha value is -1.55. The monoisotopic (exact) mass is 262 g/mol. The number of rotatable bonds is 6. The number of nitrogens with one attached hydrogen (secondary N) is 2. The lowest BCUT2D eigenvalue weighted by molar-refractivity contribution is -0.125. The summed E-state index contributed by atoms with van der Waals surface area (Å²) < 4.78 is 5.60. The van der Waals surface area contributed by atoms with Crippen molar-refractivity contribution in [2.24, 2.45) is 5.92 Å². The van der Waals surface area contributed by atoms with Gasteiger partial charge in [-0.1, -0.05) is 25.1 Å². The highest BCUT2D eigenvalue weighted by atomic mass is 16.5. The van der Waals surface area contributed by atoms with Gasteiger partial charge in [-0.25, -0.2) is 0 Å². The maximum atomic E-state index is 11.9. The van der Waals surface area contributed by atoms with Gasteiger partial charge in [-0.05, 0) is 31.5 Å². The molecule has 1 aliphatic heterocycles. The van der Waals surface area contributed by atoms with Crippen LogP contribution in [0.2, 0.25) is 0 Å². The van der Waals surface area contributed by atoms with Crippen LogP contribution in [0.25, 0.3) is 0 Å². The highest BCUT2D eigenvalue weighted by Crippen LogP contribution is 2.11. The first-order valence-corrected chi connectivity index (χ1v) is 6.94. The molecule has 0 aliphatic carbocycles. The van der Waals surface area contributed by atoms with Gasteiger partial charge in [-0.3, -0.25) is 4.79 Å². The molecule has 4 heteroatoms. The number of hydrogen-bond donors (Lipinski definition) is 2. The van der Waals surface area contributed by atoms with Crippen molar-refractivity contribution in [3.63, 3.8) is 0 Å². The van der Waals surface area contributed by atoms with Crippen molar-refractivity contribution in [1.82, 2.24) is 10.6 Å². The fourth-order valence-electron chi connectivity index (χ4n) is 2.12. The normalized spacial score (nSPS) is 19.9. The van der Waals surface area contributed by atoms with Gasteiger partial charge in [0.15, 0.2) is 0 Å². The van der Waals surface area contributed by atoms with Gasteiger partial charge < -0.3 is 15.4 Å². The maximum Gasteiger partial charge on any atom is 0.223 e. The molecular weight excluding hydrogens is 240 g/mol. The predicted octanol–water partition coefficient (Wildman–Crippen LogP) is 1.57. The third-order valence-electron chi connectivity index (χ3n) is 3.42. The minimum absolute atomic E-state index is 0.00990. The van der Waals surface area contributed by atoms with Crippen molar-refractivity contribution >= 4 is 5.91 Å². The average molecular weight is 262 g/mol. The number of carbonyl (C=O) groups excluding carboxylic acids is 1. The van der Waals surface area contributed by atoms with Crippen LogP contribution < -0.4 is 15.4 Å². The fraction of sp³-hybridized carbons (Fsp3) is 0.533. The van der Waals surface area contributed by atoms with E-state index in [4.69, 9.17) is 4.74 Å². The van der Waals surface area contributed by atoms with Crippen LogP contribution in [0.15, 0.2) is 30.3 Å². The lowest BCUT2D eigenvalue weighted by atomic mass is 10.1. The van der Waals surface area contributed by atoms with Crippen LogP contribution in [0.1, 0.15) is 19.8 Å². The molecule has 2 N–H and O–H groups in total. The topological polar surface area (TPSA) is 50.4 Å². The van der Waals surface area contributed by atoms with Gasteiger partial charge >= 0.3 is 0 Å². The third kappa shape index (κ3) is 4.56. The molecule has 2 unspecified atom stereocenters. The largest absolute Gasteiger partial charge is 0.494 e. The van der Waals surface area contributed by atoms with E-state index in [1.54, 1.807) is 0 Å². The van der Waals surface area contributed by atoms with Gasteiger partial charge in [-0.2, -0.15) is 0 Å². The van der Waals surface area contributed by atoms with Crippen LogP contribution in [-0.2, 0) is 4.79 Å². The fourth-order valence-corrected chi connectivity index (χ4v) is 2.12. The Morgan fingerprint density at radius 3 is 2.95 bits per heavy atom. The second-order valence-corrected chi connectivity index (χ2v) is 5.05. The first-order chi connectivity index (χ1) is 9.25. The number of benzene rings is 1. The van der Waals surface area contributed by atoms with Gasteiger partial charge in [0.2, 0.25) is 5.91 Å². The quantitative estimate of drug-likeness (QED) is 0.818. The van der Waals surface area contributed by atoms with Gasteiger partial charge in [-0.15, -0.1) is 0 Å². The first-order valence-electron chi connectivity index (χ1n) is 6.94. The predicted molar refractivity (Wildman–Crippen MR) is 75.1 cm³/mol. The van der Waals surface area contributed by atoms with E-state index >= 15 is 0 Å². The van der Waals surface area contributed by atoms with Crippen LogP contribution in [0.4, 0.5) is 0 Å². The van der Waals surface area contributed by atoms with E-state index in [9.17, 15) is 4.79 Å². The molecular formula is C15H22N2O2. The van der Waals surface area contributed by atoms with Crippen molar-refractivity contribution in [1.29, 1.82) is 0 Å². The third-order valence-corrected chi connectivity index (χ3v) is 3.42. The summed E-state index contributed by atoms with van der Waals surface area (Å²) in [5.41, 5.74) is 0. The molecule has 104 valence electrons. The van der Waals surface area contributed by atoms with Crippen LogP contribution in [0.5, 0.6) is 5.75 Å². The average Bonchev–Trinajstić information content (AvgIpc) is 2.92. The van der Waals surface area contributed by atoms with E-state index < -0.39 is 0 Å². The molecule has 0 aromatic heterocycles. The van der Waals surface area contributed by atoms with E-state index in [-0.39, 0.29) is 11.8 Å². The molecule has 2 atom stereocenters. The maximum absolute atomic E-state index is 11.9. The Labute approximate surface area is 114 Å². The molecule has 1 aromatic carbocycles. The highest BCUT2D eigenvalue weighted by molar-refractivity contribution is 5.78. The van der Waals surface area contributed by atoms with Gasteiger partial charge in [0.25, 0.3) is 0 Å². The SMILES string of the molecule is CC(CCOc1ccccc1)C(=O)NC1CCNC1. The summed E-state index contributed by atoms with van der Waals surface area (Å²) in [6, 6.07) is 9.99. The molecule has 0 spiro atoms. The van der Waals surface area contributed by atoms with Gasteiger partial charge in [0.05, 0.1) is 6.61 Å². The lowest BCUT2D eigenvalue weighted by Gasteiger charge is -2.16. The first kappa shape index (κ1) is 13.9. The number of hydrogen-bond acceptors (Lipinski definition) is 3. The van der Waals surface area contributed by atoms with Crippen LogP contribution in [0, 0.1) is 5.92 Å². The van der Waals surface area contributed by atoms with Crippen molar-refractivity contribution in [2.45, 2.75) is 25.8 Å². The molecule has 0 saturated carbocycles. The van der Waals surface area contributed by atoms with Crippen LogP contribution >= 0.6 is 0 Å². The zero-order valence-electron chi connectivity index (χ0n) is 11.4. The van der Waals surface area contributed by atoms with E-state index in [1.807, 2.05) is 37.3 Å². The van der Waals surface area contributed by atoms with E-state index in [1.165, 1.54) is 0 Å². The highest BCUT2D eigenvalue weighted by Gasteiger charge is 2.20. The molecule has 1 amide bonds. The molecule has 1 fully saturated rings. The van der Waals surface area contributed by atoms with E-state index in [2.05, 4.69) is 10.6 Å². The van der Waals surface area contributed by atoms with Crippen LogP contribution in [0.3, 0.4) is 0 Å². The Bertz CT molecular complexity index is 388. The number of ether oxygens (including phenoxy) is 1. The second kappa shape index (κ2) is 7.14. The van der Waals surface area contributed by atoms with Gasteiger partial charge in [0.1, 0.15) is 5.75 Å².